The van der Waals surface area contributed by atoms with Crippen LogP contribution in [0.3, 0.4) is 0 Å². The number of benzene rings is 1. The van der Waals surface area contributed by atoms with E-state index in [0.717, 1.165) is 5.69 Å². The van der Waals surface area contributed by atoms with Gasteiger partial charge in [0.05, 0.1) is 6.33 Å². The van der Waals surface area contributed by atoms with Crippen molar-refractivity contribution in [2.45, 2.75) is 6.92 Å². The molecule has 1 heterocycles. The Hall–Kier alpha value is -2.63. The Morgan fingerprint density at radius 3 is 2.45 bits per heavy atom. The van der Waals surface area contributed by atoms with Gasteiger partial charge >= 0.3 is 0 Å². The zero-order valence-corrected chi connectivity index (χ0v) is 11.2. The van der Waals surface area contributed by atoms with Gasteiger partial charge in [-0.05, 0) is 24.3 Å². The molecule has 0 unspecified atom stereocenters. The van der Waals surface area contributed by atoms with Crippen molar-refractivity contribution in [1.82, 2.24) is 20.2 Å². The molecule has 20 heavy (non-hydrogen) atoms. The molecular formula is C14H16N4O2. The number of hydrogen-bond donors (Lipinski definition) is 2. The Kier molecular flexibility index (Phi) is 4.49. The van der Waals surface area contributed by atoms with Crippen LogP contribution in [0.25, 0.3) is 5.69 Å². The molecule has 2 amide bonds. The van der Waals surface area contributed by atoms with E-state index >= 15 is 0 Å². The van der Waals surface area contributed by atoms with Crippen LogP contribution < -0.4 is 10.6 Å². The normalized spacial score (nSPS) is 10.1. The zero-order chi connectivity index (χ0) is 14.4. The lowest BCUT2D eigenvalue weighted by Crippen LogP contribution is -2.33. The fraction of sp³-hybridized carbons (Fsp3) is 0.214. The van der Waals surface area contributed by atoms with Crippen LogP contribution in [0.2, 0.25) is 0 Å². The highest BCUT2D eigenvalue weighted by atomic mass is 16.2. The second-order valence-electron chi connectivity index (χ2n) is 4.26. The van der Waals surface area contributed by atoms with Gasteiger partial charge in [0.2, 0.25) is 5.91 Å². The molecule has 1 aromatic carbocycles. The Balaban J connectivity index is 1.89. The number of imidazole rings is 1. The summed E-state index contributed by atoms with van der Waals surface area (Å²) in [4.78, 5) is 26.5. The number of nitrogens with one attached hydrogen (secondary N) is 2. The van der Waals surface area contributed by atoms with Gasteiger partial charge in [-0.3, -0.25) is 9.59 Å². The average molecular weight is 272 g/mol. The molecule has 6 heteroatoms. The molecule has 0 aliphatic carbocycles. The second-order valence-corrected chi connectivity index (χ2v) is 4.26. The van der Waals surface area contributed by atoms with Gasteiger partial charge in [-0.15, -0.1) is 0 Å². The van der Waals surface area contributed by atoms with Gasteiger partial charge in [-0.1, -0.05) is 0 Å². The maximum absolute atomic E-state index is 11.8. The molecule has 0 atom stereocenters. The van der Waals surface area contributed by atoms with Gasteiger partial charge in [-0.25, -0.2) is 4.98 Å². The molecule has 2 N–H and O–H groups in total. The smallest absolute Gasteiger partial charge is 0.251 e. The lowest BCUT2D eigenvalue weighted by Gasteiger charge is -2.07. The molecule has 0 aliphatic rings. The molecule has 0 radical (unpaired) electrons. The first-order valence-corrected chi connectivity index (χ1v) is 6.28. The summed E-state index contributed by atoms with van der Waals surface area (Å²) in [6.45, 7) is 2.27. The lowest BCUT2D eigenvalue weighted by atomic mass is 10.2. The first-order valence-electron chi connectivity index (χ1n) is 6.28. The minimum atomic E-state index is -0.160. The minimum Gasteiger partial charge on any atom is -0.355 e. The molecule has 2 rings (SSSR count). The summed E-state index contributed by atoms with van der Waals surface area (Å²) in [5.74, 6) is -0.267. The van der Waals surface area contributed by atoms with Crippen LogP contribution in [-0.4, -0.2) is 34.5 Å². The quantitative estimate of drug-likeness (QED) is 0.788. The van der Waals surface area contributed by atoms with Crippen LogP contribution >= 0.6 is 0 Å². The van der Waals surface area contributed by atoms with E-state index in [1.807, 2.05) is 22.9 Å². The molecule has 0 bridgehead atoms. The van der Waals surface area contributed by atoms with Gasteiger partial charge in [0.1, 0.15) is 0 Å². The number of nitrogens with zero attached hydrogens (tertiary/aromatic N) is 2. The third-order valence-corrected chi connectivity index (χ3v) is 2.72. The van der Waals surface area contributed by atoms with Crippen LogP contribution in [0.4, 0.5) is 0 Å². The lowest BCUT2D eigenvalue weighted by molar-refractivity contribution is -0.118. The van der Waals surface area contributed by atoms with E-state index in [1.54, 1.807) is 24.7 Å². The fourth-order valence-corrected chi connectivity index (χ4v) is 1.71. The van der Waals surface area contributed by atoms with Crippen molar-refractivity contribution >= 4 is 11.8 Å². The van der Waals surface area contributed by atoms with Crippen LogP contribution in [0.5, 0.6) is 0 Å². The SMILES string of the molecule is CC(=O)NCCNC(=O)c1ccc(-n2ccnc2)cc1. The van der Waals surface area contributed by atoms with Crippen molar-refractivity contribution in [1.29, 1.82) is 0 Å². The number of rotatable bonds is 5. The molecule has 0 spiro atoms. The number of carbonyl (C=O) groups excluding carboxylic acids is 2. The monoisotopic (exact) mass is 272 g/mol. The predicted octanol–water partition coefficient (Wildman–Crippen LogP) is 0.738. The van der Waals surface area contributed by atoms with E-state index in [-0.39, 0.29) is 11.8 Å². The number of hydrogen-bond acceptors (Lipinski definition) is 3. The van der Waals surface area contributed by atoms with E-state index in [2.05, 4.69) is 15.6 Å². The highest BCUT2D eigenvalue weighted by Gasteiger charge is 2.05. The van der Waals surface area contributed by atoms with Crippen LogP contribution in [-0.2, 0) is 4.79 Å². The van der Waals surface area contributed by atoms with Crippen LogP contribution in [0.15, 0.2) is 43.0 Å². The van der Waals surface area contributed by atoms with Crippen LogP contribution in [0, 0.1) is 0 Å². The minimum absolute atomic E-state index is 0.107. The Morgan fingerprint density at radius 2 is 1.85 bits per heavy atom. The molecule has 1 aromatic heterocycles. The van der Waals surface area contributed by atoms with Crippen molar-refractivity contribution in [2.24, 2.45) is 0 Å². The van der Waals surface area contributed by atoms with E-state index in [9.17, 15) is 9.59 Å². The number of amides is 2. The third-order valence-electron chi connectivity index (χ3n) is 2.72. The summed E-state index contributed by atoms with van der Waals surface area (Å²) in [5, 5.41) is 5.35. The summed E-state index contributed by atoms with van der Waals surface area (Å²) in [7, 11) is 0. The van der Waals surface area contributed by atoms with E-state index in [1.165, 1.54) is 6.92 Å². The largest absolute Gasteiger partial charge is 0.355 e. The second kappa shape index (κ2) is 6.51. The highest BCUT2D eigenvalue weighted by molar-refractivity contribution is 5.94. The van der Waals surface area contributed by atoms with E-state index in [4.69, 9.17) is 0 Å². The Bertz CT molecular complexity index is 576. The van der Waals surface area contributed by atoms with E-state index in [0.29, 0.717) is 18.7 Å². The predicted molar refractivity (Wildman–Crippen MR) is 74.6 cm³/mol. The maximum atomic E-state index is 11.8. The summed E-state index contributed by atoms with van der Waals surface area (Å²) >= 11 is 0. The van der Waals surface area contributed by atoms with Crippen LogP contribution in [0.1, 0.15) is 17.3 Å². The molecule has 0 aliphatic heterocycles. The van der Waals surface area contributed by atoms with Gasteiger partial charge in [0.15, 0.2) is 0 Å². The van der Waals surface area contributed by atoms with E-state index < -0.39 is 0 Å². The Labute approximate surface area is 116 Å². The van der Waals surface area contributed by atoms with Gasteiger partial charge in [0, 0.05) is 43.7 Å². The highest BCUT2D eigenvalue weighted by Crippen LogP contribution is 2.09. The molecular weight excluding hydrogens is 256 g/mol. The zero-order valence-electron chi connectivity index (χ0n) is 11.2. The van der Waals surface area contributed by atoms with Gasteiger partial charge < -0.3 is 15.2 Å². The Morgan fingerprint density at radius 1 is 1.15 bits per heavy atom. The van der Waals surface area contributed by atoms with Gasteiger partial charge in [0.25, 0.3) is 5.91 Å². The van der Waals surface area contributed by atoms with Crippen molar-refractivity contribution in [3.8, 4) is 5.69 Å². The molecule has 0 fully saturated rings. The molecule has 0 saturated heterocycles. The summed E-state index contributed by atoms with van der Waals surface area (Å²) in [6.07, 6.45) is 5.23. The third kappa shape index (κ3) is 3.68. The average Bonchev–Trinajstić information content (AvgIpc) is 2.97. The molecule has 0 saturated carbocycles. The molecule has 2 aromatic rings. The summed E-state index contributed by atoms with van der Waals surface area (Å²) < 4.78 is 1.86. The number of carbonyl (C=O) groups is 2. The van der Waals surface area contributed by atoms with Crippen molar-refractivity contribution < 1.29 is 9.59 Å². The van der Waals surface area contributed by atoms with Gasteiger partial charge in [-0.2, -0.15) is 0 Å². The van der Waals surface area contributed by atoms with Crippen molar-refractivity contribution in [3.05, 3.63) is 48.5 Å². The fourth-order valence-electron chi connectivity index (χ4n) is 1.71. The van der Waals surface area contributed by atoms with Crippen molar-refractivity contribution in [3.63, 3.8) is 0 Å². The maximum Gasteiger partial charge on any atom is 0.251 e. The molecule has 6 nitrogen and oxygen atoms in total. The topological polar surface area (TPSA) is 76.0 Å². The molecule has 104 valence electrons. The first kappa shape index (κ1) is 13.8. The summed E-state index contributed by atoms with van der Waals surface area (Å²) in [5.41, 5.74) is 1.52. The van der Waals surface area contributed by atoms with Crippen molar-refractivity contribution in [2.75, 3.05) is 13.1 Å². The summed E-state index contributed by atoms with van der Waals surface area (Å²) in [6, 6.07) is 7.21. The standard InChI is InChI=1S/C14H16N4O2/c1-11(19)16-6-7-17-14(20)12-2-4-13(5-3-12)18-9-8-15-10-18/h2-5,8-10H,6-7H2,1H3,(H,16,19)(H,17,20). The first-order chi connectivity index (χ1) is 9.66. The number of aromatic nitrogens is 2.